The summed E-state index contributed by atoms with van der Waals surface area (Å²) >= 11 is 12.9. The van der Waals surface area contributed by atoms with Gasteiger partial charge in [-0.05, 0) is 75.0 Å². The van der Waals surface area contributed by atoms with Gasteiger partial charge in [0.05, 0.1) is 15.6 Å². The Balaban J connectivity index is 1.14. The number of benzene rings is 1. The van der Waals surface area contributed by atoms with Crippen molar-refractivity contribution in [2.75, 3.05) is 0 Å². The number of amides is 1. The fraction of sp³-hybridized carbons (Fsp3) is 0.387. The van der Waals surface area contributed by atoms with E-state index in [1.54, 1.807) is 0 Å². The van der Waals surface area contributed by atoms with Crippen molar-refractivity contribution >= 4 is 35.2 Å². The summed E-state index contributed by atoms with van der Waals surface area (Å²) in [5.41, 5.74) is 5.69. The molecule has 2 N–H and O–H groups in total. The third kappa shape index (κ3) is 5.09. The molecule has 0 unspecified atom stereocenters. The SMILES string of the molecule is NC(=O)c1cc(-c2noc(C34CCC(C=Cc5c(-c6c(Cl)cncc6Cl)noc5C5CC5)(CC3)CC4)n2)cc(C(F)(F)F)c1. The summed E-state index contributed by atoms with van der Waals surface area (Å²) in [7, 11) is 0. The van der Waals surface area contributed by atoms with Crippen molar-refractivity contribution in [2.24, 2.45) is 11.1 Å². The average molecular weight is 644 g/mol. The maximum absolute atomic E-state index is 13.5. The van der Waals surface area contributed by atoms with Crippen LogP contribution in [0, 0.1) is 5.41 Å². The molecule has 0 spiro atoms. The monoisotopic (exact) mass is 643 g/mol. The molecular weight excluding hydrogens is 618 g/mol. The molecular formula is C31H26Cl2F3N5O3. The van der Waals surface area contributed by atoms with E-state index in [4.69, 9.17) is 38.0 Å². The molecule has 2 bridgehead atoms. The first-order valence-corrected chi connectivity index (χ1v) is 15.1. The van der Waals surface area contributed by atoms with Gasteiger partial charge in [0, 0.05) is 46.0 Å². The summed E-state index contributed by atoms with van der Waals surface area (Å²) in [6.45, 7) is 0. The van der Waals surface area contributed by atoms with E-state index in [-0.39, 0.29) is 27.8 Å². The van der Waals surface area contributed by atoms with Gasteiger partial charge in [-0.15, -0.1) is 0 Å². The van der Waals surface area contributed by atoms with E-state index in [1.807, 2.05) is 0 Å². The number of pyridine rings is 1. The number of rotatable bonds is 7. The van der Waals surface area contributed by atoms with Gasteiger partial charge in [-0.2, -0.15) is 18.2 Å². The highest BCUT2D eigenvalue weighted by Gasteiger charge is 2.51. The number of nitrogens with two attached hydrogens (primary N) is 1. The molecule has 4 aliphatic carbocycles. The fourth-order valence-corrected chi connectivity index (χ4v) is 7.14. The molecule has 4 aromatic rings. The van der Waals surface area contributed by atoms with Crippen molar-refractivity contribution in [3.05, 3.63) is 75.1 Å². The Morgan fingerprint density at radius 2 is 1.66 bits per heavy atom. The number of carbonyl (C=O) groups excluding carboxylic acids is 1. The molecule has 8 nitrogen and oxygen atoms in total. The van der Waals surface area contributed by atoms with Crippen LogP contribution in [-0.2, 0) is 11.6 Å². The van der Waals surface area contributed by atoms with Gasteiger partial charge in [0.1, 0.15) is 11.5 Å². The summed E-state index contributed by atoms with van der Waals surface area (Å²) in [5.74, 6) is 0.581. The van der Waals surface area contributed by atoms with Crippen LogP contribution in [0.1, 0.15) is 90.4 Å². The summed E-state index contributed by atoms with van der Waals surface area (Å²) in [6.07, 6.45) is 9.78. The normalized spacial score (nSPS) is 23.5. The van der Waals surface area contributed by atoms with Gasteiger partial charge in [0.25, 0.3) is 0 Å². The highest BCUT2D eigenvalue weighted by molar-refractivity contribution is 6.39. The number of aromatic nitrogens is 4. The van der Waals surface area contributed by atoms with Crippen molar-refractivity contribution in [3.8, 4) is 22.6 Å². The second-order valence-corrected chi connectivity index (χ2v) is 12.9. The average Bonchev–Trinajstić information content (AvgIpc) is 3.56. The van der Waals surface area contributed by atoms with Crippen LogP contribution in [0.2, 0.25) is 10.0 Å². The van der Waals surface area contributed by atoms with E-state index in [1.165, 1.54) is 18.5 Å². The molecule has 44 heavy (non-hydrogen) atoms. The summed E-state index contributed by atoms with van der Waals surface area (Å²) in [4.78, 5) is 20.3. The first kappa shape index (κ1) is 29.0. The lowest BCUT2D eigenvalue weighted by Gasteiger charge is -2.50. The molecule has 4 fully saturated rings. The summed E-state index contributed by atoms with van der Waals surface area (Å²) in [6, 6.07) is 2.87. The zero-order valence-corrected chi connectivity index (χ0v) is 24.8. The predicted octanol–water partition coefficient (Wildman–Crippen LogP) is 8.39. The van der Waals surface area contributed by atoms with Crippen LogP contribution in [0.25, 0.3) is 28.7 Å². The van der Waals surface area contributed by atoms with Crippen molar-refractivity contribution < 1.29 is 27.0 Å². The Labute approximate surface area is 259 Å². The lowest BCUT2D eigenvalue weighted by Crippen LogP contribution is -2.43. The third-order valence-corrected chi connectivity index (χ3v) is 9.96. The molecule has 4 saturated carbocycles. The maximum atomic E-state index is 13.5. The molecule has 13 heteroatoms. The lowest BCUT2D eigenvalue weighted by molar-refractivity contribution is -0.137. The molecule has 1 amide bonds. The zero-order valence-electron chi connectivity index (χ0n) is 23.3. The number of primary amides is 1. The lowest BCUT2D eigenvalue weighted by atomic mass is 9.53. The van der Waals surface area contributed by atoms with Crippen LogP contribution in [0.15, 0.2) is 45.7 Å². The number of carbonyl (C=O) groups is 1. The first-order chi connectivity index (χ1) is 21.0. The topological polar surface area (TPSA) is 121 Å². The Morgan fingerprint density at radius 1 is 0.977 bits per heavy atom. The van der Waals surface area contributed by atoms with E-state index in [9.17, 15) is 18.0 Å². The maximum Gasteiger partial charge on any atom is 0.416 e. The van der Waals surface area contributed by atoms with Crippen molar-refractivity contribution in [1.82, 2.24) is 20.3 Å². The molecule has 8 rings (SSSR count). The van der Waals surface area contributed by atoms with E-state index in [0.717, 1.165) is 74.8 Å². The molecule has 0 atom stereocenters. The summed E-state index contributed by atoms with van der Waals surface area (Å²) < 4.78 is 52.0. The van der Waals surface area contributed by atoms with Crippen LogP contribution in [-0.4, -0.2) is 26.2 Å². The van der Waals surface area contributed by atoms with Gasteiger partial charge in [-0.1, -0.05) is 45.7 Å². The number of halogens is 5. The largest absolute Gasteiger partial charge is 0.416 e. The number of nitrogens with zero attached hydrogens (tertiary/aromatic N) is 4. The zero-order chi connectivity index (χ0) is 30.9. The van der Waals surface area contributed by atoms with Gasteiger partial charge in [-0.3, -0.25) is 9.78 Å². The number of alkyl halides is 3. The summed E-state index contributed by atoms with van der Waals surface area (Å²) in [5, 5.41) is 9.17. The number of hydrogen-bond donors (Lipinski definition) is 1. The third-order valence-electron chi connectivity index (χ3n) is 9.38. The predicted molar refractivity (Wildman–Crippen MR) is 156 cm³/mol. The fourth-order valence-electron chi connectivity index (χ4n) is 6.59. The Bertz CT molecular complexity index is 1770. The van der Waals surface area contributed by atoms with Gasteiger partial charge in [0.15, 0.2) is 0 Å². The van der Waals surface area contributed by atoms with Crippen molar-refractivity contribution in [3.63, 3.8) is 0 Å². The number of allylic oxidation sites excluding steroid dienone is 1. The Morgan fingerprint density at radius 3 is 2.27 bits per heavy atom. The molecule has 3 heterocycles. The molecule has 0 saturated heterocycles. The van der Waals surface area contributed by atoms with Gasteiger partial charge in [-0.25, -0.2) is 0 Å². The van der Waals surface area contributed by atoms with Crippen LogP contribution >= 0.6 is 23.2 Å². The van der Waals surface area contributed by atoms with Crippen molar-refractivity contribution in [1.29, 1.82) is 0 Å². The van der Waals surface area contributed by atoms with Crippen molar-refractivity contribution in [2.45, 2.75) is 68.9 Å². The Kier molecular flexibility index (Phi) is 6.89. The van der Waals surface area contributed by atoms with Crippen LogP contribution < -0.4 is 5.73 Å². The smallest absolute Gasteiger partial charge is 0.366 e. The molecule has 0 aliphatic heterocycles. The van der Waals surface area contributed by atoms with Gasteiger partial charge >= 0.3 is 6.18 Å². The molecule has 4 aliphatic rings. The van der Waals surface area contributed by atoms with E-state index in [0.29, 0.717) is 33.1 Å². The molecule has 1 aromatic carbocycles. The van der Waals surface area contributed by atoms with Crippen LogP contribution in [0.4, 0.5) is 13.2 Å². The Hall–Kier alpha value is -3.70. The quantitative estimate of drug-likeness (QED) is 0.215. The minimum absolute atomic E-state index is 0.00805. The van der Waals surface area contributed by atoms with Gasteiger partial charge in [0.2, 0.25) is 17.6 Å². The number of hydrogen-bond acceptors (Lipinski definition) is 7. The van der Waals surface area contributed by atoms with E-state index < -0.39 is 17.6 Å². The molecule has 228 valence electrons. The second-order valence-electron chi connectivity index (χ2n) is 12.1. The molecule has 3 aromatic heterocycles. The highest BCUT2D eigenvalue weighted by Crippen LogP contribution is 2.58. The standard InChI is InChI=1S/C31H26Cl2F3N5O3/c32-21-14-38-15-22(33)23(21)24-20(25(43-40-24)16-1-2-16)3-4-29-5-8-30(9-6-29,10-7-29)28-39-27(41-44-28)18-11-17(26(37)42)12-19(13-18)31(34,35)36/h3-4,11-16H,1-2,5-10H2,(H2,37,42). The van der Waals surface area contributed by atoms with E-state index in [2.05, 4.69) is 32.4 Å². The minimum atomic E-state index is -4.67. The highest BCUT2D eigenvalue weighted by atomic mass is 35.5. The molecule has 0 radical (unpaired) electrons. The number of fused-ring (bicyclic) bond motifs is 3. The minimum Gasteiger partial charge on any atom is -0.366 e. The van der Waals surface area contributed by atoms with Crippen LogP contribution in [0.3, 0.4) is 0 Å². The van der Waals surface area contributed by atoms with Crippen LogP contribution in [0.5, 0.6) is 0 Å². The first-order valence-electron chi connectivity index (χ1n) is 14.3. The second kappa shape index (κ2) is 10.4. The van der Waals surface area contributed by atoms with E-state index >= 15 is 0 Å². The van der Waals surface area contributed by atoms with Gasteiger partial charge < -0.3 is 14.8 Å².